The Bertz CT molecular complexity index is 439. The summed E-state index contributed by atoms with van der Waals surface area (Å²) in [4.78, 5) is 21.2. The van der Waals surface area contributed by atoms with Gasteiger partial charge in [-0.25, -0.2) is 14.8 Å². The molecule has 1 aliphatic rings. The van der Waals surface area contributed by atoms with Gasteiger partial charge in [-0.1, -0.05) is 11.6 Å². The average molecular weight is 256 g/mol. The van der Waals surface area contributed by atoms with Crippen molar-refractivity contribution in [1.82, 2.24) is 9.97 Å². The molecule has 2 heterocycles. The minimum atomic E-state index is -0.829. The molecule has 1 fully saturated rings. The van der Waals surface area contributed by atoms with E-state index in [2.05, 4.69) is 9.97 Å². The number of anilines is 1. The monoisotopic (exact) mass is 255 g/mol. The summed E-state index contributed by atoms with van der Waals surface area (Å²) in [5.41, 5.74) is 0.791. The third-order valence-corrected chi connectivity index (χ3v) is 3.32. The molecule has 1 aliphatic heterocycles. The molecule has 6 heteroatoms. The molecule has 0 spiro atoms. The zero-order valence-corrected chi connectivity index (χ0v) is 10.3. The standard InChI is InChI=1S/C11H14ClN3O2/c1-7-6-13-11(14-9(7)12)15-5-3-2-4-8(15)10(16)17/h6,8H,2-5H2,1H3,(H,16,17). The normalized spacial score (nSPS) is 20.4. The number of nitrogens with zero attached hydrogens (tertiary/aromatic N) is 3. The van der Waals surface area contributed by atoms with Crippen molar-refractivity contribution in [3.05, 3.63) is 16.9 Å². The predicted octanol–water partition coefficient (Wildman–Crippen LogP) is 1.88. The summed E-state index contributed by atoms with van der Waals surface area (Å²) in [6.45, 7) is 2.48. The Hall–Kier alpha value is -1.36. The van der Waals surface area contributed by atoms with E-state index in [0.29, 0.717) is 24.1 Å². The third kappa shape index (κ3) is 2.49. The van der Waals surface area contributed by atoms with E-state index in [1.54, 1.807) is 11.1 Å². The molecule has 0 aliphatic carbocycles. The van der Waals surface area contributed by atoms with Crippen LogP contribution in [0.25, 0.3) is 0 Å². The molecular formula is C11H14ClN3O2. The van der Waals surface area contributed by atoms with E-state index < -0.39 is 12.0 Å². The van der Waals surface area contributed by atoms with Crippen LogP contribution in [0.4, 0.5) is 5.95 Å². The van der Waals surface area contributed by atoms with Gasteiger partial charge < -0.3 is 10.0 Å². The van der Waals surface area contributed by atoms with Crippen LogP contribution in [0.5, 0.6) is 0 Å². The molecule has 1 aromatic heterocycles. The first-order chi connectivity index (χ1) is 8.09. The smallest absolute Gasteiger partial charge is 0.326 e. The van der Waals surface area contributed by atoms with Gasteiger partial charge in [0.2, 0.25) is 5.95 Å². The quantitative estimate of drug-likeness (QED) is 0.818. The van der Waals surface area contributed by atoms with E-state index >= 15 is 0 Å². The first-order valence-corrected chi connectivity index (χ1v) is 5.96. The number of aliphatic carboxylic acids is 1. The first-order valence-electron chi connectivity index (χ1n) is 5.58. The summed E-state index contributed by atoms with van der Waals surface area (Å²) >= 11 is 5.94. The summed E-state index contributed by atoms with van der Waals surface area (Å²) in [5.74, 6) is -0.419. The number of carboxylic acids is 1. The van der Waals surface area contributed by atoms with Crippen LogP contribution in [0.2, 0.25) is 5.15 Å². The largest absolute Gasteiger partial charge is 0.480 e. The Morgan fingerprint density at radius 3 is 3.00 bits per heavy atom. The highest BCUT2D eigenvalue weighted by molar-refractivity contribution is 6.30. The van der Waals surface area contributed by atoms with Crippen molar-refractivity contribution >= 4 is 23.5 Å². The Morgan fingerprint density at radius 2 is 2.35 bits per heavy atom. The lowest BCUT2D eigenvalue weighted by molar-refractivity contribution is -0.139. The predicted molar refractivity (Wildman–Crippen MR) is 64.4 cm³/mol. The van der Waals surface area contributed by atoms with Crippen LogP contribution >= 0.6 is 11.6 Å². The number of hydrogen-bond donors (Lipinski definition) is 1. The molecule has 1 N–H and O–H groups in total. The molecule has 1 unspecified atom stereocenters. The minimum Gasteiger partial charge on any atom is -0.480 e. The van der Waals surface area contributed by atoms with Crippen LogP contribution in [-0.4, -0.2) is 33.6 Å². The Balaban J connectivity index is 2.29. The van der Waals surface area contributed by atoms with Crippen LogP contribution in [0.15, 0.2) is 6.20 Å². The lowest BCUT2D eigenvalue weighted by Gasteiger charge is -2.32. The second-order valence-corrected chi connectivity index (χ2v) is 4.55. The maximum atomic E-state index is 11.2. The summed E-state index contributed by atoms with van der Waals surface area (Å²) in [6, 6.07) is -0.539. The van der Waals surface area contributed by atoms with E-state index in [-0.39, 0.29) is 0 Å². The number of aromatic nitrogens is 2. The van der Waals surface area contributed by atoms with Crippen molar-refractivity contribution in [3.8, 4) is 0 Å². The number of piperidine rings is 1. The van der Waals surface area contributed by atoms with Crippen LogP contribution in [0, 0.1) is 6.92 Å². The lowest BCUT2D eigenvalue weighted by Crippen LogP contribution is -2.45. The van der Waals surface area contributed by atoms with Gasteiger partial charge in [-0.2, -0.15) is 0 Å². The molecule has 0 saturated carbocycles. The first kappa shape index (κ1) is 12.1. The van der Waals surface area contributed by atoms with Gasteiger partial charge in [-0.05, 0) is 26.2 Å². The fourth-order valence-corrected chi connectivity index (χ4v) is 2.10. The van der Waals surface area contributed by atoms with Crippen LogP contribution in [-0.2, 0) is 4.79 Å². The fraction of sp³-hybridized carbons (Fsp3) is 0.545. The Morgan fingerprint density at radius 1 is 1.59 bits per heavy atom. The Kier molecular flexibility index (Phi) is 3.47. The number of carboxylic acid groups (broad SMARTS) is 1. The molecule has 92 valence electrons. The molecule has 1 atom stereocenters. The topological polar surface area (TPSA) is 66.3 Å². The van der Waals surface area contributed by atoms with Crippen molar-refractivity contribution in [3.63, 3.8) is 0 Å². The molecule has 1 aromatic rings. The van der Waals surface area contributed by atoms with Gasteiger partial charge in [0, 0.05) is 18.3 Å². The molecule has 0 amide bonds. The Labute approximate surface area is 104 Å². The van der Waals surface area contributed by atoms with E-state index in [4.69, 9.17) is 16.7 Å². The number of halogens is 1. The van der Waals surface area contributed by atoms with Gasteiger partial charge in [0.25, 0.3) is 0 Å². The second-order valence-electron chi connectivity index (χ2n) is 4.19. The van der Waals surface area contributed by atoms with E-state index in [0.717, 1.165) is 18.4 Å². The maximum absolute atomic E-state index is 11.2. The number of carbonyl (C=O) groups is 1. The molecule has 1 saturated heterocycles. The molecule has 17 heavy (non-hydrogen) atoms. The van der Waals surface area contributed by atoms with Crippen LogP contribution in [0.1, 0.15) is 24.8 Å². The SMILES string of the molecule is Cc1cnc(N2CCCCC2C(=O)O)nc1Cl. The van der Waals surface area contributed by atoms with Gasteiger partial charge in [0.05, 0.1) is 0 Å². The average Bonchev–Trinajstić information content (AvgIpc) is 2.32. The molecule has 5 nitrogen and oxygen atoms in total. The summed E-state index contributed by atoms with van der Waals surface area (Å²) in [6.07, 6.45) is 4.13. The number of rotatable bonds is 2. The van der Waals surface area contributed by atoms with Gasteiger partial charge >= 0.3 is 5.97 Å². The second kappa shape index (κ2) is 4.87. The van der Waals surface area contributed by atoms with E-state index in [1.165, 1.54) is 0 Å². The van der Waals surface area contributed by atoms with E-state index in [9.17, 15) is 4.79 Å². The zero-order valence-electron chi connectivity index (χ0n) is 9.56. The minimum absolute atomic E-state index is 0.379. The lowest BCUT2D eigenvalue weighted by atomic mass is 10.0. The highest BCUT2D eigenvalue weighted by atomic mass is 35.5. The van der Waals surface area contributed by atoms with Crippen LogP contribution < -0.4 is 4.90 Å². The molecule has 0 bridgehead atoms. The zero-order chi connectivity index (χ0) is 12.4. The van der Waals surface area contributed by atoms with Gasteiger partial charge in [-0.3, -0.25) is 0 Å². The maximum Gasteiger partial charge on any atom is 0.326 e. The van der Waals surface area contributed by atoms with Crippen molar-refractivity contribution in [1.29, 1.82) is 0 Å². The summed E-state index contributed by atoms with van der Waals surface area (Å²) in [5, 5.41) is 9.54. The molecule has 0 radical (unpaired) electrons. The van der Waals surface area contributed by atoms with Crippen molar-refractivity contribution in [2.24, 2.45) is 0 Å². The van der Waals surface area contributed by atoms with Crippen LogP contribution in [0.3, 0.4) is 0 Å². The molecule has 2 rings (SSSR count). The highest BCUT2D eigenvalue weighted by Gasteiger charge is 2.30. The number of aryl methyl sites for hydroxylation is 1. The van der Waals surface area contributed by atoms with Crippen molar-refractivity contribution in [2.45, 2.75) is 32.2 Å². The number of hydrogen-bond acceptors (Lipinski definition) is 4. The van der Waals surface area contributed by atoms with Crippen molar-refractivity contribution in [2.75, 3.05) is 11.4 Å². The molecule has 0 aromatic carbocycles. The fourth-order valence-electron chi connectivity index (χ4n) is 1.98. The van der Waals surface area contributed by atoms with Gasteiger partial charge in [0.1, 0.15) is 11.2 Å². The van der Waals surface area contributed by atoms with Gasteiger partial charge in [-0.15, -0.1) is 0 Å². The third-order valence-electron chi connectivity index (χ3n) is 2.94. The van der Waals surface area contributed by atoms with Crippen molar-refractivity contribution < 1.29 is 9.90 Å². The highest BCUT2D eigenvalue weighted by Crippen LogP contribution is 2.23. The van der Waals surface area contributed by atoms with Gasteiger partial charge in [0.15, 0.2) is 0 Å². The molecular weight excluding hydrogens is 242 g/mol. The van der Waals surface area contributed by atoms with E-state index in [1.807, 2.05) is 6.92 Å². The summed E-state index contributed by atoms with van der Waals surface area (Å²) < 4.78 is 0. The summed E-state index contributed by atoms with van der Waals surface area (Å²) in [7, 11) is 0.